The largest absolute Gasteiger partial charge is 0.417 e. The van der Waals surface area contributed by atoms with Gasteiger partial charge in [0.05, 0.1) is 10.6 Å². The molecule has 0 aliphatic carbocycles. The van der Waals surface area contributed by atoms with Crippen molar-refractivity contribution in [3.63, 3.8) is 0 Å². The van der Waals surface area contributed by atoms with E-state index in [0.717, 1.165) is 23.6 Å². The van der Waals surface area contributed by atoms with E-state index in [2.05, 4.69) is 15.3 Å². The minimum atomic E-state index is -4.34. The van der Waals surface area contributed by atoms with Gasteiger partial charge in [0, 0.05) is 25.2 Å². The van der Waals surface area contributed by atoms with Gasteiger partial charge in [-0.15, -0.1) is 11.8 Å². The van der Waals surface area contributed by atoms with Crippen molar-refractivity contribution in [2.24, 2.45) is 0 Å². The van der Waals surface area contributed by atoms with E-state index in [9.17, 15) is 13.2 Å². The van der Waals surface area contributed by atoms with Crippen LogP contribution in [0.15, 0.2) is 41.7 Å². The summed E-state index contributed by atoms with van der Waals surface area (Å²) < 4.78 is 37.2. The summed E-state index contributed by atoms with van der Waals surface area (Å²) in [6.45, 7) is 0. The molecule has 0 radical (unpaired) electrons. The molecule has 0 saturated heterocycles. The van der Waals surface area contributed by atoms with Gasteiger partial charge < -0.3 is 5.32 Å². The average molecular weight is 299 g/mol. The molecule has 7 heteroatoms. The van der Waals surface area contributed by atoms with Crippen LogP contribution in [0.4, 0.5) is 19.0 Å². The smallest absolute Gasteiger partial charge is 0.373 e. The van der Waals surface area contributed by atoms with Gasteiger partial charge in [-0.3, -0.25) is 0 Å². The lowest BCUT2D eigenvalue weighted by atomic mass is 10.3. The summed E-state index contributed by atoms with van der Waals surface area (Å²) in [6, 6.07) is 6.17. The van der Waals surface area contributed by atoms with Gasteiger partial charge in [-0.25, -0.2) is 9.97 Å². The van der Waals surface area contributed by atoms with Crippen LogP contribution in [0.3, 0.4) is 0 Å². The van der Waals surface area contributed by atoms with Gasteiger partial charge in [0.15, 0.2) is 0 Å². The molecule has 0 aliphatic rings. The normalized spacial score (nSPS) is 11.4. The summed E-state index contributed by atoms with van der Waals surface area (Å²) in [4.78, 5) is 7.91. The minimum absolute atomic E-state index is 0.556. The van der Waals surface area contributed by atoms with Crippen LogP contribution in [-0.2, 0) is 11.9 Å². The molecule has 0 unspecified atom stereocenters. The van der Waals surface area contributed by atoms with Crippen LogP contribution in [0, 0.1) is 0 Å². The van der Waals surface area contributed by atoms with Gasteiger partial charge >= 0.3 is 6.18 Å². The predicted molar refractivity (Wildman–Crippen MR) is 72.6 cm³/mol. The van der Waals surface area contributed by atoms with E-state index in [1.807, 2.05) is 12.1 Å². The van der Waals surface area contributed by atoms with Crippen molar-refractivity contribution >= 4 is 17.6 Å². The maximum absolute atomic E-state index is 12.4. The fraction of sp³-hybridized carbons (Fsp3) is 0.231. The van der Waals surface area contributed by atoms with E-state index in [1.54, 1.807) is 13.2 Å². The van der Waals surface area contributed by atoms with Crippen LogP contribution < -0.4 is 5.32 Å². The van der Waals surface area contributed by atoms with Crippen LogP contribution in [-0.4, -0.2) is 17.0 Å². The fourth-order valence-electron chi connectivity index (χ4n) is 1.49. The maximum Gasteiger partial charge on any atom is 0.417 e. The zero-order valence-electron chi connectivity index (χ0n) is 10.6. The molecule has 0 atom stereocenters. The van der Waals surface area contributed by atoms with E-state index in [0.29, 0.717) is 10.8 Å². The number of rotatable bonds is 4. The highest BCUT2D eigenvalue weighted by molar-refractivity contribution is 7.98. The van der Waals surface area contributed by atoms with Crippen LogP contribution in [0.25, 0.3) is 0 Å². The molecular weight excluding hydrogens is 287 g/mol. The van der Waals surface area contributed by atoms with E-state index < -0.39 is 11.7 Å². The second-order valence-corrected chi connectivity index (χ2v) is 4.97. The number of hydrogen-bond acceptors (Lipinski definition) is 4. The Kier molecular flexibility index (Phi) is 4.49. The molecule has 106 valence electrons. The molecule has 20 heavy (non-hydrogen) atoms. The Balaban J connectivity index is 2.00. The molecule has 2 aromatic heterocycles. The van der Waals surface area contributed by atoms with Crippen LogP contribution in [0.2, 0.25) is 0 Å². The highest BCUT2D eigenvalue weighted by Crippen LogP contribution is 2.30. The highest BCUT2D eigenvalue weighted by atomic mass is 32.2. The van der Waals surface area contributed by atoms with Crippen LogP contribution >= 0.6 is 11.8 Å². The number of thioether (sulfide) groups is 1. The average Bonchev–Trinajstić information content (AvgIpc) is 2.45. The molecule has 3 nitrogen and oxygen atoms in total. The first-order chi connectivity index (χ1) is 9.49. The third kappa shape index (κ3) is 3.86. The third-order valence-electron chi connectivity index (χ3n) is 2.53. The lowest BCUT2D eigenvalue weighted by Crippen LogP contribution is -2.05. The zero-order valence-corrected chi connectivity index (χ0v) is 11.4. The monoisotopic (exact) mass is 299 g/mol. The summed E-state index contributed by atoms with van der Waals surface area (Å²) in [5.74, 6) is 1.37. The number of nitrogens with zero attached hydrogens (tertiary/aromatic N) is 2. The second kappa shape index (κ2) is 6.13. The summed E-state index contributed by atoms with van der Waals surface area (Å²) in [5, 5.41) is 3.48. The molecule has 0 spiro atoms. The minimum Gasteiger partial charge on any atom is -0.373 e. The van der Waals surface area contributed by atoms with Crippen LogP contribution in [0.5, 0.6) is 0 Å². The third-order valence-corrected chi connectivity index (χ3v) is 3.55. The lowest BCUT2D eigenvalue weighted by molar-refractivity contribution is -0.137. The standard InChI is InChI=1S/C13H12F3N3S/c1-17-11-6-9(4-5-18-11)8-20-12-3-2-10(7-19-12)13(14,15)16/h2-7H,8H2,1H3,(H,17,18). The molecule has 2 rings (SSSR count). The van der Waals surface area contributed by atoms with Crippen molar-refractivity contribution in [2.75, 3.05) is 12.4 Å². The Bertz CT molecular complexity index is 570. The second-order valence-electron chi connectivity index (χ2n) is 3.97. The number of hydrogen-bond donors (Lipinski definition) is 1. The van der Waals surface area contributed by atoms with E-state index in [1.165, 1.54) is 17.8 Å². The number of anilines is 1. The zero-order chi connectivity index (χ0) is 14.6. The first-order valence-corrected chi connectivity index (χ1v) is 6.76. The van der Waals surface area contributed by atoms with E-state index in [-0.39, 0.29) is 0 Å². The quantitative estimate of drug-likeness (QED) is 0.871. The van der Waals surface area contributed by atoms with Crippen molar-refractivity contribution in [1.82, 2.24) is 9.97 Å². The maximum atomic E-state index is 12.4. The first kappa shape index (κ1) is 14.6. The molecule has 0 amide bonds. The first-order valence-electron chi connectivity index (χ1n) is 5.78. The molecule has 2 aromatic rings. The molecule has 0 bridgehead atoms. The molecular formula is C13H12F3N3S. The Labute approximate surface area is 118 Å². The summed E-state index contributed by atoms with van der Waals surface area (Å²) in [6.07, 6.45) is -1.81. The number of halogens is 3. The molecule has 0 aliphatic heterocycles. The number of pyridine rings is 2. The van der Waals surface area contributed by atoms with Crippen molar-refractivity contribution < 1.29 is 13.2 Å². The van der Waals surface area contributed by atoms with Gasteiger partial charge in [-0.2, -0.15) is 13.2 Å². The number of aromatic nitrogens is 2. The molecule has 0 aromatic carbocycles. The number of alkyl halides is 3. The fourth-order valence-corrected chi connectivity index (χ4v) is 2.28. The van der Waals surface area contributed by atoms with Gasteiger partial charge in [0.1, 0.15) is 5.82 Å². The van der Waals surface area contributed by atoms with Gasteiger partial charge in [0.25, 0.3) is 0 Å². The summed E-state index contributed by atoms with van der Waals surface area (Å²) in [7, 11) is 1.77. The Morgan fingerprint density at radius 2 is 2.00 bits per heavy atom. The molecule has 1 N–H and O–H groups in total. The molecule has 0 fully saturated rings. The summed E-state index contributed by atoms with van der Waals surface area (Å²) in [5.41, 5.74) is 0.291. The van der Waals surface area contributed by atoms with Crippen molar-refractivity contribution in [3.8, 4) is 0 Å². The summed E-state index contributed by atoms with van der Waals surface area (Å²) >= 11 is 1.38. The Morgan fingerprint density at radius 3 is 2.60 bits per heavy atom. The van der Waals surface area contributed by atoms with Gasteiger partial charge in [0.2, 0.25) is 0 Å². The SMILES string of the molecule is CNc1cc(CSc2ccc(C(F)(F)F)cn2)ccn1. The number of nitrogens with one attached hydrogen (secondary N) is 1. The van der Waals surface area contributed by atoms with Gasteiger partial charge in [-0.1, -0.05) is 0 Å². The van der Waals surface area contributed by atoms with E-state index >= 15 is 0 Å². The molecule has 2 heterocycles. The highest BCUT2D eigenvalue weighted by Gasteiger charge is 2.30. The topological polar surface area (TPSA) is 37.8 Å². The van der Waals surface area contributed by atoms with Crippen molar-refractivity contribution in [2.45, 2.75) is 17.0 Å². The van der Waals surface area contributed by atoms with Gasteiger partial charge in [-0.05, 0) is 29.8 Å². The van der Waals surface area contributed by atoms with Crippen molar-refractivity contribution in [1.29, 1.82) is 0 Å². The predicted octanol–water partition coefficient (Wildman–Crippen LogP) is 3.83. The lowest BCUT2D eigenvalue weighted by Gasteiger charge is -2.07. The van der Waals surface area contributed by atoms with Crippen LogP contribution in [0.1, 0.15) is 11.1 Å². The Hall–Kier alpha value is -1.76. The van der Waals surface area contributed by atoms with E-state index in [4.69, 9.17) is 0 Å². The van der Waals surface area contributed by atoms with Crippen molar-refractivity contribution in [3.05, 3.63) is 47.8 Å². The molecule has 0 saturated carbocycles. The Morgan fingerprint density at radius 1 is 1.20 bits per heavy atom.